The lowest BCUT2D eigenvalue weighted by Gasteiger charge is -2.29. The van der Waals surface area contributed by atoms with Gasteiger partial charge in [0.15, 0.2) is 0 Å². The van der Waals surface area contributed by atoms with E-state index in [4.69, 9.17) is 5.11 Å². The highest BCUT2D eigenvalue weighted by molar-refractivity contribution is 5.83. The molecule has 25 heavy (non-hydrogen) atoms. The lowest BCUT2D eigenvalue weighted by atomic mass is 10.0. The number of carbonyl (C=O) groups is 3. The van der Waals surface area contributed by atoms with Crippen molar-refractivity contribution < 1.29 is 19.5 Å². The number of nitrogens with zero attached hydrogens (tertiary/aromatic N) is 3. The predicted molar refractivity (Wildman–Crippen MR) is 91.9 cm³/mol. The Hall–Kier alpha value is -2.44. The van der Waals surface area contributed by atoms with Crippen molar-refractivity contribution in [3.05, 3.63) is 30.1 Å². The van der Waals surface area contributed by atoms with E-state index in [1.807, 2.05) is 24.0 Å². The monoisotopic (exact) mass is 347 g/mol. The maximum Gasteiger partial charge on any atom is 0.323 e. The quantitative estimate of drug-likeness (QED) is 0.872. The Balaban J connectivity index is 2.01. The van der Waals surface area contributed by atoms with Crippen LogP contribution in [0.15, 0.2) is 24.5 Å². The average Bonchev–Trinajstić information content (AvgIpc) is 2.84. The van der Waals surface area contributed by atoms with Gasteiger partial charge in [0.25, 0.3) is 0 Å². The van der Waals surface area contributed by atoms with Crippen molar-refractivity contribution in [2.45, 2.75) is 45.1 Å². The number of carboxylic acid groups (broad SMARTS) is 1. The van der Waals surface area contributed by atoms with Crippen molar-refractivity contribution in [2.75, 3.05) is 19.6 Å². The van der Waals surface area contributed by atoms with Gasteiger partial charge >= 0.3 is 5.97 Å². The van der Waals surface area contributed by atoms with Crippen molar-refractivity contribution >= 4 is 17.8 Å². The number of hydrogen-bond donors (Lipinski definition) is 1. The third-order valence-electron chi connectivity index (χ3n) is 4.71. The minimum absolute atomic E-state index is 0.0428. The summed E-state index contributed by atoms with van der Waals surface area (Å²) in [6.07, 6.45) is 5.43. The highest BCUT2D eigenvalue weighted by atomic mass is 16.4. The summed E-state index contributed by atoms with van der Waals surface area (Å²) >= 11 is 0. The second-order valence-corrected chi connectivity index (χ2v) is 6.46. The number of carboxylic acids is 1. The smallest absolute Gasteiger partial charge is 0.323 e. The fourth-order valence-corrected chi connectivity index (χ4v) is 3.30. The van der Waals surface area contributed by atoms with Crippen LogP contribution in [0.1, 0.15) is 44.6 Å². The van der Waals surface area contributed by atoms with Crippen LogP contribution in [0.3, 0.4) is 0 Å². The van der Waals surface area contributed by atoms with Gasteiger partial charge in [-0.25, -0.2) is 0 Å². The molecule has 0 aromatic carbocycles. The number of aliphatic carboxylic acids is 1. The summed E-state index contributed by atoms with van der Waals surface area (Å²) in [5, 5.41) is 9.01. The molecule has 2 rings (SSSR count). The van der Waals surface area contributed by atoms with Gasteiger partial charge in [-0.15, -0.1) is 0 Å². The van der Waals surface area contributed by atoms with Crippen molar-refractivity contribution in [2.24, 2.45) is 0 Å². The number of aromatic nitrogens is 1. The summed E-state index contributed by atoms with van der Waals surface area (Å²) in [6, 6.07) is 3.56. The van der Waals surface area contributed by atoms with E-state index in [9.17, 15) is 14.4 Å². The van der Waals surface area contributed by atoms with Gasteiger partial charge in [-0.1, -0.05) is 6.07 Å². The van der Waals surface area contributed by atoms with Gasteiger partial charge in [-0.3, -0.25) is 19.4 Å². The molecule has 7 heteroatoms. The first-order chi connectivity index (χ1) is 11.9. The van der Waals surface area contributed by atoms with Crippen molar-refractivity contribution in [1.82, 2.24) is 14.8 Å². The number of carbonyl (C=O) groups excluding carboxylic acids is 2. The molecule has 0 spiro atoms. The van der Waals surface area contributed by atoms with Crippen LogP contribution in [0.25, 0.3) is 0 Å². The van der Waals surface area contributed by atoms with Crippen LogP contribution in [0, 0.1) is 0 Å². The Bertz CT molecular complexity index is 620. The summed E-state index contributed by atoms with van der Waals surface area (Å²) < 4.78 is 0. The van der Waals surface area contributed by atoms with Crippen LogP contribution in [0.5, 0.6) is 0 Å². The molecule has 1 aliphatic heterocycles. The van der Waals surface area contributed by atoms with E-state index in [1.54, 1.807) is 12.4 Å². The molecule has 2 heterocycles. The zero-order chi connectivity index (χ0) is 18.4. The highest BCUT2D eigenvalue weighted by Crippen LogP contribution is 2.22. The molecule has 0 saturated carbocycles. The van der Waals surface area contributed by atoms with Gasteiger partial charge in [-0.2, -0.15) is 0 Å². The zero-order valence-electron chi connectivity index (χ0n) is 14.7. The molecule has 1 aliphatic rings. The van der Waals surface area contributed by atoms with Gasteiger partial charge in [0.05, 0.1) is 5.92 Å². The first-order valence-electron chi connectivity index (χ1n) is 8.58. The Labute approximate surface area is 147 Å². The molecule has 2 atom stereocenters. The fraction of sp³-hybridized carbons (Fsp3) is 0.556. The molecular weight excluding hydrogens is 322 g/mol. The maximum atomic E-state index is 12.8. The van der Waals surface area contributed by atoms with Gasteiger partial charge in [-0.05, 0) is 37.8 Å². The standard InChI is InChI=1S/C18H25N3O4/c1-13(15-5-3-8-19-11-15)18(25)20-9-4-6-16(7-10-20)21(14(2)22)12-17(23)24/h3,5,8,11,13,16H,4,6-7,9-10,12H2,1-2H3,(H,23,24)/t13-,16-/m1/s1. The molecule has 1 fully saturated rings. The van der Waals surface area contributed by atoms with E-state index in [1.165, 1.54) is 11.8 Å². The van der Waals surface area contributed by atoms with Crippen LogP contribution in [-0.2, 0) is 14.4 Å². The number of hydrogen-bond acceptors (Lipinski definition) is 4. The average molecular weight is 347 g/mol. The summed E-state index contributed by atoms with van der Waals surface area (Å²) in [5.74, 6) is -1.48. The van der Waals surface area contributed by atoms with E-state index in [-0.39, 0.29) is 30.3 Å². The third kappa shape index (κ3) is 5.01. The number of likely N-dealkylation sites (tertiary alicyclic amines) is 1. The molecule has 7 nitrogen and oxygen atoms in total. The van der Waals surface area contributed by atoms with Crippen LogP contribution in [-0.4, -0.2) is 63.4 Å². The molecule has 0 bridgehead atoms. The minimum atomic E-state index is -1.02. The summed E-state index contributed by atoms with van der Waals surface area (Å²) in [7, 11) is 0. The second-order valence-electron chi connectivity index (χ2n) is 6.46. The molecular formula is C18H25N3O4. The van der Waals surface area contributed by atoms with Crippen LogP contribution in [0.4, 0.5) is 0 Å². The molecule has 2 amide bonds. The fourth-order valence-electron chi connectivity index (χ4n) is 3.30. The van der Waals surface area contributed by atoms with E-state index in [0.29, 0.717) is 25.9 Å². The van der Waals surface area contributed by atoms with Crippen LogP contribution in [0.2, 0.25) is 0 Å². The topological polar surface area (TPSA) is 90.8 Å². The minimum Gasteiger partial charge on any atom is -0.480 e. The Kier molecular flexibility index (Phi) is 6.50. The number of pyridine rings is 1. The lowest BCUT2D eigenvalue weighted by Crippen LogP contribution is -2.43. The van der Waals surface area contributed by atoms with Gasteiger partial charge in [0.1, 0.15) is 6.54 Å². The molecule has 1 aromatic heterocycles. The predicted octanol–water partition coefficient (Wildman–Crippen LogP) is 1.50. The second kappa shape index (κ2) is 8.60. The largest absolute Gasteiger partial charge is 0.480 e. The Morgan fingerprint density at radius 3 is 2.72 bits per heavy atom. The lowest BCUT2D eigenvalue weighted by molar-refractivity contribution is -0.145. The van der Waals surface area contributed by atoms with Crippen LogP contribution < -0.4 is 0 Å². The normalized spacial score (nSPS) is 19.0. The molecule has 1 N–H and O–H groups in total. The van der Waals surface area contributed by atoms with Crippen molar-refractivity contribution in [3.8, 4) is 0 Å². The Morgan fingerprint density at radius 1 is 1.36 bits per heavy atom. The molecule has 0 radical (unpaired) electrons. The molecule has 0 unspecified atom stereocenters. The van der Waals surface area contributed by atoms with Gasteiger partial charge in [0, 0.05) is 38.4 Å². The third-order valence-corrected chi connectivity index (χ3v) is 4.71. The number of amides is 2. The highest BCUT2D eigenvalue weighted by Gasteiger charge is 2.29. The van der Waals surface area contributed by atoms with Gasteiger partial charge in [0.2, 0.25) is 11.8 Å². The van der Waals surface area contributed by atoms with Crippen LogP contribution >= 0.6 is 0 Å². The molecule has 136 valence electrons. The van der Waals surface area contributed by atoms with E-state index >= 15 is 0 Å². The molecule has 1 saturated heterocycles. The van der Waals surface area contributed by atoms with Crippen molar-refractivity contribution in [3.63, 3.8) is 0 Å². The first-order valence-corrected chi connectivity index (χ1v) is 8.58. The summed E-state index contributed by atoms with van der Waals surface area (Å²) in [4.78, 5) is 42.8. The number of rotatable bonds is 5. The summed E-state index contributed by atoms with van der Waals surface area (Å²) in [5.41, 5.74) is 0.879. The maximum absolute atomic E-state index is 12.8. The van der Waals surface area contributed by atoms with E-state index < -0.39 is 5.97 Å². The molecule has 1 aromatic rings. The summed E-state index contributed by atoms with van der Waals surface area (Å²) in [6.45, 7) is 4.12. The zero-order valence-corrected chi connectivity index (χ0v) is 14.7. The first kappa shape index (κ1) is 18.9. The SMILES string of the molecule is CC(=O)N(CC(=O)O)[C@@H]1CCCN(C(=O)[C@H](C)c2cccnc2)CC1. The van der Waals surface area contributed by atoms with Crippen molar-refractivity contribution in [1.29, 1.82) is 0 Å². The van der Waals surface area contributed by atoms with E-state index in [0.717, 1.165) is 12.0 Å². The van der Waals surface area contributed by atoms with Gasteiger partial charge < -0.3 is 14.9 Å². The Morgan fingerprint density at radius 2 is 2.12 bits per heavy atom. The molecule has 0 aliphatic carbocycles. The van der Waals surface area contributed by atoms with E-state index in [2.05, 4.69) is 4.98 Å².